The molecule has 1 rings (SSSR count). The Kier molecular flexibility index (Phi) is 5.14. The van der Waals surface area contributed by atoms with E-state index in [9.17, 15) is 4.79 Å². The van der Waals surface area contributed by atoms with Crippen molar-refractivity contribution >= 4 is 17.7 Å². The number of carbonyl (C=O) groups is 1. The van der Waals surface area contributed by atoms with Crippen LogP contribution in [0.4, 0.5) is 0 Å². The maximum atomic E-state index is 11.0. The van der Waals surface area contributed by atoms with Crippen molar-refractivity contribution in [1.82, 2.24) is 4.98 Å². The van der Waals surface area contributed by atoms with Gasteiger partial charge >= 0.3 is 5.97 Å². The summed E-state index contributed by atoms with van der Waals surface area (Å²) in [5, 5.41) is 0.0952. The standard InChI is InChI=1S/C10H14N2O2S/c1-14-10(13)7-15-9(5-11)8-3-2-4-12-6-8/h2-4,6,9H,5,7,11H2,1H3. The molecule has 5 heteroatoms. The predicted octanol–water partition coefficient (Wildman–Crippen LogP) is 0.988. The zero-order valence-electron chi connectivity index (χ0n) is 8.55. The molecule has 0 fully saturated rings. The van der Waals surface area contributed by atoms with Crippen molar-refractivity contribution in [1.29, 1.82) is 0 Å². The Labute approximate surface area is 93.2 Å². The van der Waals surface area contributed by atoms with E-state index in [-0.39, 0.29) is 11.2 Å². The molecule has 0 aliphatic heterocycles. The van der Waals surface area contributed by atoms with E-state index in [1.807, 2.05) is 12.1 Å². The van der Waals surface area contributed by atoms with Crippen molar-refractivity contribution in [2.75, 3.05) is 19.4 Å². The molecule has 1 aromatic rings. The van der Waals surface area contributed by atoms with Crippen LogP contribution in [-0.4, -0.2) is 30.4 Å². The smallest absolute Gasteiger partial charge is 0.315 e. The van der Waals surface area contributed by atoms with Crippen LogP contribution in [0.5, 0.6) is 0 Å². The van der Waals surface area contributed by atoms with Crippen molar-refractivity contribution in [3.8, 4) is 0 Å². The molecule has 1 atom stereocenters. The fourth-order valence-corrected chi connectivity index (χ4v) is 2.02. The lowest BCUT2D eigenvalue weighted by molar-refractivity contribution is -0.137. The highest BCUT2D eigenvalue weighted by atomic mass is 32.2. The second-order valence-electron chi connectivity index (χ2n) is 2.90. The van der Waals surface area contributed by atoms with Gasteiger partial charge in [0.15, 0.2) is 0 Å². The van der Waals surface area contributed by atoms with Gasteiger partial charge in [-0.25, -0.2) is 0 Å². The normalized spacial score (nSPS) is 12.1. The monoisotopic (exact) mass is 226 g/mol. The number of rotatable bonds is 5. The van der Waals surface area contributed by atoms with E-state index in [2.05, 4.69) is 9.72 Å². The molecule has 0 saturated carbocycles. The molecule has 0 saturated heterocycles. The van der Waals surface area contributed by atoms with E-state index in [0.29, 0.717) is 12.3 Å². The maximum Gasteiger partial charge on any atom is 0.315 e. The minimum atomic E-state index is -0.234. The molecule has 4 nitrogen and oxygen atoms in total. The lowest BCUT2D eigenvalue weighted by Gasteiger charge is -2.13. The Balaban J connectivity index is 2.53. The molecule has 0 aromatic carbocycles. The van der Waals surface area contributed by atoms with Gasteiger partial charge in [-0.15, -0.1) is 11.8 Å². The average molecular weight is 226 g/mol. The Hall–Kier alpha value is -1.07. The first-order valence-electron chi connectivity index (χ1n) is 4.56. The zero-order valence-corrected chi connectivity index (χ0v) is 9.37. The van der Waals surface area contributed by atoms with Gasteiger partial charge in [0.1, 0.15) is 0 Å². The Morgan fingerprint density at radius 1 is 1.73 bits per heavy atom. The molecule has 0 radical (unpaired) electrons. The number of hydrogen-bond acceptors (Lipinski definition) is 5. The van der Waals surface area contributed by atoms with Crippen molar-refractivity contribution < 1.29 is 9.53 Å². The lowest BCUT2D eigenvalue weighted by Crippen LogP contribution is -2.13. The first-order chi connectivity index (χ1) is 7.27. The van der Waals surface area contributed by atoms with E-state index in [4.69, 9.17) is 5.73 Å². The van der Waals surface area contributed by atoms with Gasteiger partial charge in [0.25, 0.3) is 0 Å². The van der Waals surface area contributed by atoms with Crippen molar-refractivity contribution in [3.63, 3.8) is 0 Å². The van der Waals surface area contributed by atoms with Crippen molar-refractivity contribution in [2.24, 2.45) is 5.73 Å². The number of aromatic nitrogens is 1. The van der Waals surface area contributed by atoms with Gasteiger partial charge in [-0.05, 0) is 11.6 Å². The van der Waals surface area contributed by atoms with Crippen LogP contribution < -0.4 is 5.73 Å². The number of methoxy groups -OCH3 is 1. The highest BCUT2D eigenvalue weighted by molar-refractivity contribution is 8.00. The second-order valence-corrected chi connectivity index (χ2v) is 4.09. The summed E-state index contributed by atoms with van der Waals surface area (Å²) in [7, 11) is 1.38. The number of nitrogens with zero attached hydrogens (tertiary/aromatic N) is 1. The molecule has 0 bridgehead atoms. The Bertz CT molecular complexity index is 306. The number of esters is 1. The van der Waals surface area contributed by atoms with Gasteiger partial charge in [0, 0.05) is 24.2 Å². The van der Waals surface area contributed by atoms with Gasteiger partial charge in [0.05, 0.1) is 12.9 Å². The summed E-state index contributed by atoms with van der Waals surface area (Å²) in [4.78, 5) is 15.0. The summed E-state index contributed by atoms with van der Waals surface area (Å²) in [6.07, 6.45) is 3.48. The number of thioether (sulfide) groups is 1. The lowest BCUT2D eigenvalue weighted by atomic mass is 10.2. The number of carbonyl (C=O) groups excluding carboxylic acids is 1. The van der Waals surface area contributed by atoms with Gasteiger partial charge < -0.3 is 10.5 Å². The fourth-order valence-electron chi connectivity index (χ4n) is 1.09. The van der Waals surface area contributed by atoms with Gasteiger partial charge in [-0.1, -0.05) is 6.07 Å². The van der Waals surface area contributed by atoms with Gasteiger partial charge in [-0.2, -0.15) is 0 Å². The third-order valence-electron chi connectivity index (χ3n) is 1.90. The fraction of sp³-hybridized carbons (Fsp3) is 0.400. The SMILES string of the molecule is COC(=O)CSC(CN)c1cccnc1. The van der Waals surface area contributed by atoms with Crippen molar-refractivity contribution in [3.05, 3.63) is 30.1 Å². The Morgan fingerprint density at radius 3 is 3.07 bits per heavy atom. The first kappa shape index (κ1) is 12.0. The highest BCUT2D eigenvalue weighted by Crippen LogP contribution is 2.26. The minimum absolute atomic E-state index is 0.0952. The van der Waals surface area contributed by atoms with Gasteiger partial charge in [0.2, 0.25) is 0 Å². The summed E-state index contributed by atoms with van der Waals surface area (Å²) < 4.78 is 4.56. The molecule has 0 aliphatic rings. The minimum Gasteiger partial charge on any atom is -0.468 e. The number of nitrogens with two attached hydrogens (primary N) is 1. The van der Waals surface area contributed by atoms with E-state index in [1.165, 1.54) is 18.9 Å². The van der Waals surface area contributed by atoms with Crippen LogP contribution in [0.1, 0.15) is 10.8 Å². The van der Waals surface area contributed by atoms with Crippen LogP contribution in [0, 0.1) is 0 Å². The van der Waals surface area contributed by atoms with Crippen LogP contribution in [0.25, 0.3) is 0 Å². The second kappa shape index (κ2) is 6.42. The van der Waals surface area contributed by atoms with E-state index in [0.717, 1.165) is 5.56 Å². The molecule has 1 aromatic heterocycles. The van der Waals surface area contributed by atoms with Crippen LogP contribution in [0.15, 0.2) is 24.5 Å². The number of hydrogen-bond donors (Lipinski definition) is 1. The third kappa shape index (κ3) is 3.89. The van der Waals surface area contributed by atoms with E-state index >= 15 is 0 Å². The number of ether oxygens (including phenoxy) is 1. The molecular formula is C10H14N2O2S. The topological polar surface area (TPSA) is 65.2 Å². The zero-order chi connectivity index (χ0) is 11.1. The summed E-state index contributed by atoms with van der Waals surface area (Å²) >= 11 is 1.47. The molecule has 1 unspecified atom stereocenters. The van der Waals surface area contributed by atoms with Gasteiger partial charge in [-0.3, -0.25) is 9.78 Å². The van der Waals surface area contributed by atoms with E-state index in [1.54, 1.807) is 12.4 Å². The maximum absolute atomic E-state index is 11.0. The average Bonchev–Trinajstić information content (AvgIpc) is 2.31. The molecule has 82 valence electrons. The summed E-state index contributed by atoms with van der Waals surface area (Å²) in [5.41, 5.74) is 6.67. The molecular weight excluding hydrogens is 212 g/mol. The Morgan fingerprint density at radius 2 is 2.53 bits per heavy atom. The highest BCUT2D eigenvalue weighted by Gasteiger charge is 2.12. The molecule has 15 heavy (non-hydrogen) atoms. The summed E-state index contributed by atoms with van der Waals surface area (Å²) in [6, 6.07) is 3.81. The largest absolute Gasteiger partial charge is 0.468 e. The molecule has 0 amide bonds. The van der Waals surface area contributed by atoms with Crippen LogP contribution in [-0.2, 0) is 9.53 Å². The predicted molar refractivity (Wildman–Crippen MR) is 60.5 cm³/mol. The molecule has 0 aliphatic carbocycles. The van der Waals surface area contributed by atoms with Crippen molar-refractivity contribution in [2.45, 2.75) is 5.25 Å². The third-order valence-corrected chi connectivity index (χ3v) is 3.17. The van der Waals surface area contributed by atoms with Crippen LogP contribution in [0.3, 0.4) is 0 Å². The van der Waals surface area contributed by atoms with E-state index < -0.39 is 0 Å². The number of pyridine rings is 1. The molecule has 2 N–H and O–H groups in total. The molecule has 1 heterocycles. The first-order valence-corrected chi connectivity index (χ1v) is 5.61. The molecule has 0 spiro atoms. The van der Waals surface area contributed by atoms with Crippen LogP contribution >= 0.6 is 11.8 Å². The quantitative estimate of drug-likeness (QED) is 0.758. The van der Waals surface area contributed by atoms with Crippen LogP contribution in [0.2, 0.25) is 0 Å². The summed E-state index contributed by atoms with van der Waals surface area (Å²) in [6.45, 7) is 0.480. The summed E-state index contributed by atoms with van der Waals surface area (Å²) in [5.74, 6) is 0.0788.